The molecule has 0 amide bonds. The van der Waals surface area contributed by atoms with Crippen molar-refractivity contribution < 1.29 is 9.53 Å². The number of benzene rings is 2. The number of anilines is 1. The molecule has 0 saturated heterocycles. The van der Waals surface area contributed by atoms with Crippen LogP contribution in [0.15, 0.2) is 47.0 Å². The van der Waals surface area contributed by atoms with Crippen molar-refractivity contribution in [3.63, 3.8) is 0 Å². The molecule has 0 unspecified atom stereocenters. The van der Waals surface area contributed by atoms with Gasteiger partial charge in [0.25, 0.3) is 0 Å². The van der Waals surface area contributed by atoms with Crippen molar-refractivity contribution in [2.45, 2.75) is 86.0 Å². The van der Waals surface area contributed by atoms with Crippen LogP contribution in [0.1, 0.15) is 91.8 Å². The lowest BCUT2D eigenvalue weighted by Crippen LogP contribution is -2.18. The second-order valence-electron chi connectivity index (χ2n) is 11.4. The molecule has 0 bridgehead atoms. The van der Waals surface area contributed by atoms with Crippen LogP contribution < -0.4 is 4.90 Å². The molecule has 1 heterocycles. The minimum Gasteiger partial charge on any atom is -0.462 e. The summed E-state index contributed by atoms with van der Waals surface area (Å²) in [5.74, 6) is 3.41. The number of ether oxygens (including phenoxy) is 1. The molecule has 3 nitrogen and oxygen atoms in total. The standard InChI is InChI=1S/C30H39NO2S/c1-11-33-28(32)27-20(4)31(18-34-27)26-24(19(2)3)13-12-14-25(26)21-15-22(29(5,6)7)17-23(16-21)30(8,9)10/h12-17,19H,11H2,1-10H3. The van der Waals surface area contributed by atoms with Gasteiger partial charge in [-0.2, -0.15) is 0 Å². The lowest BCUT2D eigenvalue weighted by Gasteiger charge is -2.29. The lowest BCUT2D eigenvalue weighted by molar-refractivity contribution is -0.137. The lowest BCUT2D eigenvalue weighted by atomic mass is 9.78. The van der Waals surface area contributed by atoms with E-state index in [0.29, 0.717) is 17.4 Å². The molecule has 0 fully saturated rings. The number of carbonyl (C=O) groups is 1. The molecule has 4 heteroatoms. The Labute approximate surface area is 211 Å². The summed E-state index contributed by atoms with van der Waals surface area (Å²) in [6, 6.07) is 13.5. The summed E-state index contributed by atoms with van der Waals surface area (Å²) in [7, 11) is 0. The molecule has 2 radical (unpaired) electrons. The van der Waals surface area contributed by atoms with Gasteiger partial charge in [0, 0.05) is 11.3 Å². The van der Waals surface area contributed by atoms with Gasteiger partial charge >= 0.3 is 5.97 Å². The van der Waals surface area contributed by atoms with E-state index in [-0.39, 0.29) is 16.8 Å². The molecule has 1 aliphatic heterocycles. The summed E-state index contributed by atoms with van der Waals surface area (Å²) < 4.78 is 5.30. The molecular weight excluding hydrogens is 438 g/mol. The molecule has 0 aliphatic carbocycles. The Hall–Kier alpha value is -2.20. The first-order valence-electron chi connectivity index (χ1n) is 12.2. The third kappa shape index (κ3) is 5.38. The Bertz CT molecular complexity index is 1070. The van der Waals surface area contributed by atoms with Crippen LogP contribution in [0.5, 0.6) is 0 Å². The predicted molar refractivity (Wildman–Crippen MR) is 146 cm³/mol. The third-order valence-electron chi connectivity index (χ3n) is 6.25. The fourth-order valence-corrected chi connectivity index (χ4v) is 4.89. The maximum atomic E-state index is 12.5. The van der Waals surface area contributed by atoms with Gasteiger partial charge in [-0.3, -0.25) is 0 Å². The van der Waals surface area contributed by atoms with Gasteiger partial charge in [-0.15, -0.1) is 0 Å². The van der Waals surface area contributed by atoms with E-state index in [1.807, 2.05) is 13.8 Å². The van der Waals surface area contributed by atoms with Crippen LogP contribution in [0.25, 0.3) is 11.1 Å². The average Bonchev–Trinajstić information content (AvgIpc) is 3.12. The number of hydrogen-bond donors (Lipinski definition) is 0. The van der Waals surface area contributed by atoms with Crippen molar-refractivity contribution in [3.8, 4) is 11.1 Å². The highest BCUT2D eigenvalue weighted by molar-refractivity contribution is 8.06. The topological polar surface area (TPSA) is 29.5 Å². The van der Waals surface area contributed by atoms with E-state index in [2.05, 4.69) is 103 Å². The minimum atomic E-state index is -0.284. The van der Waals surface area contributed by atoms with Gasteiger partial charge in [-0.25, -0.2) is 4.79 Å². The van der Waals surface area contributed by atoms with Crippen molar-refractivity contribution in [1.29, 1.82) is 0 Å². The van der Waals surface area contributed by atoms with Crippen molar-refractivity contribution in [1.82, 2.24) is 0 Å². The number of thioether (sulfide) groups is 1. The smallest absolute Gasteiger partial charge is 0.346 e. The third-order valence-corrected chi connectivity index (χ3v) is 7.19. The van der Waals surface area contributed by atoms with E-state index in [0.717, 1.165) is 16.9 Å². The summed E-state index contributed by atoms with van der Waals surface area (Å²) in [6.07, 6.45) is 0. The van der Waals surface area contributed by atoms with E-state index in [4.69, 9.17) is 4.74 Å². The first kappa shape index (κ1) is 26.4. The average molecular weight is 478 g/mol. The second-order valence-corrected chi connectivity index (χ2v) is 12.2. The van der Waals surface area contributed by atoms with Crippen LogP contribution in [0.3, 0.4) is 0 Å². The van der Waals surface area contributed by atoms with Gasteiger partial charge < -0.3 is 9.64 Å². The molecule has 0 aromatic heterocycles. The van der Waals surface area contributed by atoms with E-state index in [1.54, 1.807) is 0 Å². The highest BCUT2D eigenvalue weighted by Crippen LogP contribution is 2.47. The molecular formula is C30H39NO2S. The highest BCUT2D eigenvalue weighted by atomic mass is 32.2. The normalized spacial score (nSPS) is 14.9. The first-order valence-corrected chi connectivity index (χ1v) is 13.0. The monoisotopic (exact) mass is 477 g/mol. The Kier molecular flexibility index (Phi) is 7.62. The molecule has 0 saturated carbocycles. The van der Waals surface area contributed by atoms with Gasteiger partial charge in [0.15, 0.2) is 5.88 Å². The summed E-state index contributed by atoms with van der Waals surface area (Å²) >= 11 is 1.32. The Morgan fingerprint density at radius 3 is 2.12 bits per heavy atom. The van der Waals surface area contributed by atoms with Gasteiger partial charge in [0.05, 0.1) is 12.3 Å². The van der Waals surface area contributed by atoms with Crippen molar-refractivity contribution >= 4 is 23.4 Å². The van der Waals surface area contributed by atoms with Crippen molar-refractivity contribution in [2.24, 2.45) is 0 Å². The zero-order valence-electron chi connectivity index (χ0n) is 22.4. The molecule has 182 valence electrons. The molecule has 0 atom stereocenters. The maximum absolute atomic E-state index is 12.5. The summed E-state index contributed by atoms with van der Waals surface area (Å²) in [6.45, 7) is 22.2. The van der Waals surface area contributed by atoms with Crippen LogP contribution in [-0.2, 0) is 20.4 Å². The van der Waals surface area contributed by atoms with Gasteiger partial charge in [0.1, 0.15) is 4.91 Å². The number of rotatable bonds is 5. The molecule has 3 rings (SSSR count). The number of nitrogens with zero attached hydrogens (tertiary/aromatic N) is 1. The maximum Gasteiger partial charge on any atom is 0.346 e. The van der Waals surface area contributed by atoms with Crippen molar-refractivity contribution in [2.75, 3.05) is 11.5 Å². The van der Waals surface area contributed by atoms with E-state index in [9.17, 15) is 4.79 Å². The summed E-state index contributed by atoms with van der Waals surface area (Å²) in [5, 5.41) is 0. The number of para-hydroxylation sites is 1. The quantitative estimate of drug-likeness (QED) is 0.404. The fourth-order valence-electron chi connectivity index (χ4n) is 4.09. The van der Waals surface area contributed by atoms with Crippen LogP contribution in [0, 0.1) is 5.88 Å². The van der Waals surface area contributed by atoms with Crippen LogP contribution in [-0.4, -0.2) is 12.6 Å². The van der Waals surface area contributed by atoms with Crippen LogP contribution in [0.2, 0.25) is 0 Å². The molecule has 34 heavy (non-hydrogen) atoms. The minimum absolute atomic E-state index is 0.0283. The molecule has 2 aromatic carbocycles. The Balaban J connectivity index is 2.28. The van der Waals surface area contributed by atoms with Gasteiger partial charge in [0.2, 0.25) is 0 Å². The number of hydrogen-bond acceptors (Lipinski definition) is 4. The SMILES string of the molecule is CCOC(=O)C1=C(C)N(c2c(-c3cc(C(C)(C)C)cc(C(C)(C)C)c3)cccc2C(C)C)[C]S1. The number of carbonyl (C=O) groups excluding carboxylic acids is 1. The van der Waals surface area contributed by atoms with E-state index < -0.39 is 0 Å². The van der Waals surface area contributed by atoms with Gasteiger partial charge in [-0.1, -0.05) is 104 Å². The molecule has 1 aliphatic rings. The largest absolute Gasteiger partial charge is 0.462 e. The molecule has 0 N–H and O–H groups in total. The van der Waals surface area contributed by atoms with Crippen LogP contribution in [0.4, 0.5) is 5.69 Å². The van der Waals surface area contributed by atoms with E-state index in [1.165, 1.54) is 34.0 Å². The number of allylic oxidation sites excluding steroid dienone is 1. The zero-order chi connectivity index (χ0) is 25.4. The van der Waals surface area contributed by atoms with Crippen LogP contribution >= 0.6 is 11.8 Å². The van der Waals surface area contributed by atoms with E-state index >= 15 is 0 Å². The zero-order valence-corrected chi connectivity index (χ0v) is 23.2. The Morgan fingerprint density at radius 1 is 1.03 bits per heavy atom. The van der Waals surface area contributed by atoms with Gasteiger partial charge in [-0.05, 0) is 52.8 Å². The number of esters is 1. The first-order chi connectivity index (χ1) is 15.8. The second kappa shape index (κ2) is 9.81. The fraction of sp³-hybridized carbons (Fsp3) is 0.467. The predicted octanol–water partition coefficient (Wildman–Crippen LogP) is 8.42. The molecule has 2 aromatic rings. The summed E-state index contributed by atoms with van der Waals surface area (Å²) in [5.41, 5.74) is 8.22. The molecule has 0 spiro atoms. The summed E-state index contributed by atoms with van der Waals surface area (Å²) in [4.78, 5) is 15.2. The van der Waals surface area contributed by atoms with Crippen molar-refractivity contribution in [3.05, 3.63) is 69.6 Å². The highest BCUT2D eigenvalue weighted by Gasteiger charge is 2.32. The Morgan fingerprint density at radius 2 is 1.62 bits per heavy atom.